The summed E-state index contributed by atoms with van der Waals surface area (Å²) >= 11 is 0. The van der Waals surface area contributed by atoms with Gasteiger partial charge in [0.2, 0.25) is 0 Å². The third kappa shape index (κ3) is 26.0. The summed E-state index contributed by atoms with van der Waals surface area (Å²) < 4.78 is 35.4. The summed E-state index contributed by atoms with van der Waals surface area (Å²) in [5.41, 5.74) is 0. The molecule has 0 aliphatic rings. The molecule has 0 aliphatic carbocycles. The summed E-state index contributed by atoms with van der Waals surface area (Å²) in [7, 11) is -4.32. The lowest BCUT2D eigenvalue weighted by Gasteiger charge is -2.16. The SMILES string of the molecule is CCCCCCCCCCCCCCCCC(CCCCCCCC)COS(=O)(=O)O. The molecule has 1 unspecified atom stereocenters. The molecule has 0 spiro atoms. The lowest BCUT2D eigenvalue weighted by Crippen LogP contribution is -2.14. The first-order valence-corrected chi connectivity index (χ1v) is 15.0. The van der Waals surface area contributed by atoms with Crippen LogP contribution in [0.3, 0.4) is 0 Å². The Kier molecular flexibility index (Phi) is 22.9. The van der Waals surface area contributed by atoms with E-state index < -0.39 is 10.4 Å². The first kappa shape index (κ1) is 30.9. The first-order chi connectivity index (χ1) is 15.0. The normalized spacial score (nSPS) is 13.0. The van der Waals surface area contributed by atoms with Crippen molar-refractivity contribution in [1.82, 2.24) is 0 Å². The predicted octanol–water partition coefficient (Wildman–Crippen LogP) is 9.04. The molecule has 0 radical (unpaired) electrons. The van der Waals surface area contributed by atoms with E-state index in [2.05, 4.69) is 18.0 Å². The minimum atomic E-state index is -4.32. The zero-order chi connectivity index (χ0) is 23.0. The summed E-state index contributed by atoms with van der Waals surface area (Å²) in [6.07, 6.45) is 28.3. The van der Waals surface area contributed by atoms with E-state index in [0.717, 1.165) is 25.7 Å². The van der Waals surface area contributed by atoms with Crippen LogP contribution in [-0.4, -0.2) is 19.6 Å². The summed E-state index contributed by atoms with van der Waals surface area (Å²) in [6.45, 7) is 4.62. The van der Waals surface area contributed by atoms with Gasteiger partial charge < -0.3 is 0 Å². The fraction of sp³-hybridized carbons (Fsp3) is 1.00. The Morgan fingerprint density at radius 3 is 1.13 bits per heavy atom. The van der Waals surface area contributed by atoms with Crippen LogP contribution in [0.5, 0.6) is 0 Å². The third-order valence-corrected chi connectivity index (χ3v) is 6.82. The maximum absolute atomic E-state index is 10.9. The van der Waals surface area contributed by atoms with Gasteiger partial charge in [-0.05, 0) is 18.8 Å². The van der Waals surface area contributed by atoms with Gasteiger partial charge in [0.15, 0.2) is 0 Å². The van der Waals surface area contributed by atoms with Crippen LogP contribution >= 0.6 is 0 Å². The molecule has 0 fully saturated rings. The Bertz CT molecular complexity index is 450. The average molecular weight is 463 g/mol. The van der Waals surface area contributed by atoms with E-state index in [0.29, 0.717) is 0 Å². The first-order valence-electron chi connectivity index (χ1n) is 13.6. The van der Waals surface area contributed by atoms with Gasteiger partial charge in [-0.25, -0.2) is 4.18 Å². The van der Waals surface area contributed by atoms with Crippen molar-refractivity contribution in [2.45, 2.75) is 155 Å². The minimum absolute atomic E-state index is 0.131. The van der Waals surface area contributed by atoms with Gasteiger partial charge in [-0.2, -0.15) is 8.42 Å². The van der Waals surface area contributed by atoms with Crippen LogP contribution in [0.1, 0.15) is 155 Å². The van der Waals surface area contributed by atoms with Gasteiger partial charge in [0, 0.05) is 0 Å². The fourth-order valence-corrected chi connectivity index (χ4v) is 4.70. The van der Waals surface area contributed by atoms with Gasteiger partial charge in [-0.3, -0.25) is 4.55 Å². The van der Waals surface area contributed by atoms with Crippen molar-refractivity contribution in [3.63, 3.8) is 0 Å². The van der Waals surface area contributed by atoms with Gasteiger partial charge in [0.05, 0.1) is 6.61 Å². The largest absolute Gasteiger partial charge is 0.397 e. The molecule has 0 aromatic carbocycles. The van der Waals surface area contributed by atoms with Crippen molar-refractivity contribution in [3.8, 4) is 0 Å². The molecule has 0 saturated heterocycles. The molecule has 1 atom stereocenters. The summed E-state index contributed by atoms with van der Waals surface area (Å²) in [4.78, 5) is 0. The topological polar surface area (TPSA) is 63.6 Å². The van der Waals surface area contributed by atoms with Crippen LogP contribution in [0.4, 0.5) is 0 Å². The summed E-state index contributed by atoms with van der Waals surface area (Å²) in [5, 5.41) is 0. The molecular formula is C26H54O4S. The van der Waals surface area contributed by atoms with E-state index in [9.17, 15) is 8.42 Å². The highest BCUT2D eigenvalue weighted by Gasteiger charge is 2.13. The van der Waals surface area contributed by atoms with Crippen molar-refractivity contribution < 1.29 is 17.2 Å². The van der Waals surface area contributed by atoms with Crippen LogP contribution in [0, 0.1) is 5.92 Å². The maximum atomic E-state index is 10.9. The average Bonchev–Trinajstić information content (AvgIpc) is 2.73. The van der Waals surface area contributed by atoms with Crippen molar-refractivity contribution in [2.75, 3.05) is 6.61 Å². The molecular weight excluding hydrogens is 408 g/mol. The Hall–Kier alpha value is -0.130. The maximum Gasteiger partial charge on any atom is 0.397 e. The quantitative estimate of drug-likeness (QED) is 0.108. The molecule has 0 rings (SSSR count). The zero-order valence-electron chi connectivity index (χ0n) is 20.9. The van der Waals surface area contributed by atoms with Crippen LogP contribution < -0.4 is 0 Å². The number of unbranched alkanes of at least 4 members (excludes halogenated alkanes) is 18. The molecule has 0 bridgehead atoms. The van der Waals surface area contributed by atoms with Gasteiger partial charge in [-0.15, -0.1) is 0 Å². The zero-order valence-corrected chi connectivity index (χ0v) is 21.7. The molecule has 0 aromatic rings. The van der Waals surface area contributed by atoms with E-state index in [1.165, 1.54) is 116 Å². The van der Waals surface area contributed by atoms with Gasteiger partial charge in [0.25, 0.3) is 0 Å². The Morgan fingerprint density at radius 1 is 0.548 bits per heavy atom. The number of hydrogen-bond acceptors (Lipinski definition) is 3. The molecule has 0 heterocycles. The second kappa shape index (κ2) is 23.0. The molecule has 31 heavy (non-hydrogen) atoms. The molecule has 188 valence electrons. The van der Waals surface area contributed by atoms with Crippen molar-refractivity contribution in [1.29, 1.82) is 0 Å². The van der Waals surface area contributed by atoms with Crippen molar-refractivity contribution >= 4 is 10.4 Å². The molecule has 1 N–H and O–H groups in total. The van der Waals surface area contributed by atoms with Crippen LogP contribution in [-0.2, 0) is 14.6 Å². The Labute approximate surface area is 195 Å². The molecule has 5 heteroatoms. The highest BCUT2D eigenvalue weighted by molar-refractivity contribution is 7.80. The number of rotatable bonds is 25. The van der Waals surface area contributed by atoms with E-state index in [4.69, 9.17) is 4.55 Å². The number of hydrogen-bond donors (Lipinski definition) is 1. The smallest absolute Gasteiger partial charge is 0.264 e. The lowest BCUT2D eigenvalue weighted by molar-refractivity contribution is 0.204. The second-order valence-electron chi connectivity index (χ2n) is 9.52. The highest BCUT2D eigenvalue weighted by atomic mass is 32.3. The molecule has 0 amide bonds. The van der Waals surface area contributed by atoms with Gasteiger partial charge in [-0.1, -0.05) is 142 Å². The molecule has 0 aliphatic heterocycles. The van der Waals surface area contributed by atoms with E-state index in [1.807, 2.05) is 0 Å². The highest BCUT2D eigenvalue weighted by Crippen LogP contribution is 2.20. The Morgan fingerprint density at radius 2 is 0.839 bits per heavy atom. The van der Waals surface area contributed by atoms with Crippen LogP contribution in [0.2, 0.25) is 0 Å². The monoisotopic (exact) mass is 462 g/mol. The van der Waals surface area contributed by atoms with Crippen LogP contribution in [0.25, 0.3) is 0 Å². The van der Waals surface area contributed by atoms with Crippen LogP contribution in [0.15, 0.2) is 0 Å². The summed E-state index contributed by atoms with van der Waals surface area (Å²) in [5.74, 6) is 0.241. The summed E-state index contributed by atoms with van der Waals surface area (Å²) in [6, 6.07) is 0. The third-order valence-electron chi connectivity index (χ3n) is 6.38. The lowest BCUT2D eigenvalue weighted by atomic mass is 9.95. The predicted molar refractivity (Wildman–Crippen MR) is 134 cm³/mol. The van der Waals surface area contributed by atoms with E-state index in [1.54, 1.807) is 0 Å². The molecule has 0 aromatic heterocycles. The Balaban J connectivity index is 3.67. The second-order valence-corrected chi connectivity index (χ2v) is 10.6. The molecule has 0 saturated carbocycles. The minimum Gasteiger partial charge on any atom is -0.264 e. The van der Waals surface area contributed by atoms with Gasteiger partial charge >= 0.3 is 10.4 Å². The van der Waals surface area contributed by atoms with Crippen molar-refractivity contribution in [2.24, 2.45) is 5.92 Å². The van der Waals surface area contributed by atoms with Gasteiger partial charge in [0.1, 0.15) is 0 Å². The molecule has 4 nitrogen and oxygen atoms in total. The van der Waals surface area contributed by atoms with Crippen molar-refractivity contribution in [3.05, 3.63) is 0 Å². The van der Waals surface area contributed by atoms with E-state index >= 15 is 0 Å². The fourth-order valence-electron chi connectivity index (χ4n) is 4.33. The van der Waals surface area contributed by atoms with E-state index in [-0.39, 0.29) is 12.5 Å². The standard InChI is InChI=1S/C26H54O4S/c1-3-5-7-9-11-12-13-14-15-16-17-18-20-22-24-26(25-30-31(27,28)29)23-21-19-10-8-6-4-2/h26H,3-25H2,1-2H3,(H,27,28,29).